The summed E-state index contributed by atoms with van der Waals surface area (Å²) in [5, 5.41) is 18.3. The molecule has 2 atom stereocenters. The van der Waals surface area contributed by atoms with E-state index in [1.54, 1.807) is 64.6 Å². The van der Waals surface area contributed by atoms with Crippen LogP contribution in [0.4, 0.5) is 88.4 Å². The number of benzene rings is 5. The zero-order valence-electron chi connectivity index (χ0n) is 56.7. The Hall–Kier alpha value is -11.0. The molecular weight excluding hydrogens is 1420 g/mol. The largest absolute Gasteiger partial charge is 0.586 e. The second kappa shape index (κ2) is 30.4. The van der Waals surface area contributed by atoms with Gasteiger partial charge in [-0.1, -0.05) is 38.1 Å². The number of ether oxygens (including phenoxy) is 7. The number of nitrogens with one attached hydrogen (secondary N) is 3. The van der Waals surface area contributed by atoms with Gasteiger partial charge in [0.25, 0.3) is 0 Å². The van der Waals surface area contributed by atoms with Crippen LogP contribution in [-0.4, -0.2) is 179 Å². The number of carbonyl (C=O) groups is 3. The van der Waals surface area contributed by atoms with Gasteiger partial charge in [-0.3, -0.25) is 9.59 Å². The van der Waals surface area contributed by atoms with E-state index in [1.165, 1.54) is 24.3 Å². The molecule has 5 aromatic carbocycles. The molecule has 562 valence electrons. The SMILES string of the molecule is CC(C)(C)OC(=O)N1CCN(c2nc(N)c3cc4c(c(F)c3n2)OC(F)(F)O4)CC1.CCN[C@H](CC(=O)N1CCN(c2nc(N)c3cc4c(c(F)c3n2)OC(F)(F)O4)CC1)c1ccc(F)cc1.CCN[C@H](CC(=O)O)c1ccc(F)cc1.Nc1nc(N2CCNCC2)nc2c(F)c3c(cc12)OC(F)(F)O3. The van der Waals surface area contributed by atoms with Crippen molar-refractivity contribution in [3.63, 3.8) is 0 Å². The molecule has 2 amide bonds. The van der Waals surface area contributed by atoms with Gasteiger partial charge in [-0.25, -0.2) is 41.7 Å². The Kier molecular flexibility index (Phi) is 21.8. The maximum Gasteiger partial charge on any atom is 0.586 e. The van der Waals surface area contributed by atoms with Crippen molar-refractivity contribution in [2.24, 2.45) is 0 Å². The molecule has 10 N–H and O–H groups in total. The number of alkyl halides is 6. The summed E-state index contributed by atoms with van der Waals surface area (Å²) >= 11 is 0. The molecule has 39 heteroatoms. The lowest BCUT2D eigenvalue weighted by atomic mass is 10.0. The summed E-state index contributed by atoms with van der Waals surface area (Å²) in [5.41, 5.74) is 18.1. The number of aromatic nitrogens is 6. The van der Waals surface area contributed by atoms with Crippen molar-refractivity contribution in [2.75, 3.05) is 124 Å². The summed E-state index contributed by atoms with van der Waals surface area (Å²) in [6, 6.07) is 14.8. The van der Waals surface area contributed by atoms with Gasteiger partial charge in [0.15, 0.2) is 34.7 Å². The van der Waals surface area contributed by atoms with E-state index in [0.29, 0.717) is 78.5 Å². The number of hydrogen-bond donors (Lipinski definition) is 7. The van der Waals surface area contributed by atoms with Gasteiger partial charge in [0.1, 0.15) is 51.2 Å². The second-order valence-electron chi connectivity index (χ2n) is 25.2. The predicted molar refractivity (Wildman–Crippen MR) is 357 cm³/mol. The molecule has 28 nitrogen and oxygen atoms in total. The highest BCUT2D eigenvalue weighted by Gasteiger charge is 2.49. The number of rotatable bonds is 13. The van der Waals surface area contributed by atoms with Crippen LogP contribution in [0.25, 0.3) is 32.7 Å². The van der Waals surface area contributed by atoms with Crippen LogP contribution in [0.2, 0.25) is 0 Å². The zero-order valence-corrected chi connectivity index (χ0v) is 56.7. The second-order valence-corrected chi connectivity index (χ2v) is 25.2. The number of amides is 2. The van der Waals surface area contributed by atoms with Gasteiger partial charge in [-0.05, 0) is 87.5 Å². The molecule has 0 spiro atoms. The first-order chi connectivity index (χ1) is 49.7. The number of piperazine rings is 3. The minimum Gasteiger partial charge on any atom is -0.481 e. The average molecular weight is 1490 g/mol. The van der Waals surface area contributed by atoms with Crippen LogP contribution in [0.15, 0.2) is 66.7 Å². The van der Waals surface area contributed by atoms with E-state index in [-0.39, 0.29) is 110 Å². The van der Waals surface area contributed by atoms with E-state index >= 15 is 0 Å². The lowest BCUT2D eigenvalue weighted by Crippen LogP contribution is -2.50. The molecule has 0 saturated carbocycles. The maximum atomic E-state index is 15.0. The van der Waals surface area contributed by atoms with E-state index < -0.39 is 88.5 Å². The number of aliphatic carboxylic acids is 1. The molecule has 0 bridgehead atoms. The third-order valence-corrected chi connectivity index (χ3v) is 16.7. The minimum absolute atomic E-state index is 0.000523. The molecule has 0 radical (unpaired) electrons. The number of carboxylic acid groups (broad SMARTS) is 1. The maximum absolute atomic E-state index is 15.0. The molecule has 105 heavy (non-hydrogen) atoms. The number of halogens is 11. The zero-order chi connectivity index (χ0) is 75.6. The topological polar surface area (TPSA) is 344 Å². The molecular formula is C66H70F11N17O11. The van der Waals surface area contributed by atoms with Crippen LogP contribution in [0.5, 0.6) is 34.5 Å². The highest BCUT2D eigenvalue weighted by Crippen LogP contribution is 2.49. The lowest BCUT2D eigenvalue weighted by molar-refractivity contribution is -0.288. The molecule has 0 unspecified atom stereocenters. The van der Waals surface area contributed by atoms with E-state index in [2.05, 4.69) is 74.3 Å². The third kappa shape index (κ3) is 17.5. The lowest BCUT2D eigenvalue weighted by Gasteiger charge is -2.35. The summed E-state index contributed by atoms with van der Waals surface area (Å²) in [6.07, 6.45) is -12.1. The Labute approximate surface area is 589 Å². The predicted octanol–water partition coefficient (Wildman–Crippen LogP) is 8.96. The molecule has 6 aliphatic rings. The highest BCUT2D eigenvalue weighted by molar-refractivity contribution is 5.95. The Bertz CT molecular complexity index is 4560. The Balaban J connectivity index is 0.000000146. The number of nitrogen functional groups attached to an aromatic ring is 3. The van der Waals surface area contributed by atoms with Gasteiger partial charge in [0.2, 0.25) is 41.0 Å². The summed E-state index contributed by atoms with van der Waals surface area (Å²) in [4.78, 5) is 69.4. The first-order valence-electron chi connectivity index (χ1n) is 32.7. The molecule has 8 aromatic rings. The van der Waals surface area contributed by atoms with E-state index in [1.807, 2.05) is 18.7 Å². The van der Waals surface area contributed by atoms with Crippen LogP contribution in [0.3, 0.4) is 0 Å². The van der Waals surface area contributed by atoms with Crippen molar-refractivity contribution in [1.82, 2.24) is 55.7 Å². The Morgan fingerprint density at radius 1 is 0.514 bits per heavy atom. The molecule has 3 aromatic heterocycles. The monoisotopic (exact) mass is 1490 g/mol. The van der Waals surface area contributed by atoms with Gasteiger partial charge < -0.3 is 95.9 Å². The number of nitrogens with zero attached hydrogens (tertiary/aromatic N) is 11. The van der Waals surface area contributed by atoms with E-state index in [4.69, 9.17) is 27.0 Å². The van der Waals surface area contributed by atoms with E-state index in [9.17, 15) is 62.7 Å². The summed E-state index contributed by atoms with van der Waals surface area (Å²) in [5.74, 6) is -8.14. The molecule has 14 rings (SSSR count). The normalized spacial score (nSPS) is 17.3. The van der Waals surface area contributed by atoms with Crippen molar-refractivity contribution in [2.45, 2.75) is 84.0 Å². The fourth-order valence-corrected chi connectivity index (χ4v) is 11.7. The molecule has 3 saturated heterocycles. The fourth-order valence-electron chi connectivity index (χ4n) is 11.7. The third-order valence-electron chi connectivity index (χ3n) is 16.7. The summed E-state index contributed by atoms with van der Waals surface area (Å²) in [7, 11) is 0. The van der Waals surface area contributed by atoms with Gasteiger partial charge in [0.05, 0.1) is 6.42 Å². The van der Waals surface area contributed by atoms with E-state index in [0.717, 1.165) is 42.4 Å². The first kappa shape index (κ1) is 75.2. The van der Waals surface area contributed by atoms with Crippen LogP contribution in [0, 0.1) is 29.1 Å². The van der Waals surface area contributed by atoms with Gasteiger partial charge in [-0.15, -0.1) is 26.3 Å². The Morgan fingerprint density at radius 3 is 1.18 bits per heavy atom. The molecule has 0 aliphatic carbocycles. The Morgan fingerprint density at radius 2 is 0.848 bits per heavy atom. The summed E-state index contributed by atoms with van der Waals surface area (Å²) in [6.45, 7) is 16.0. The van der Waals surface area contributed by atoms with Crippen molar-refractivity contribution in [3.8, 4) is 34.5 Å². The average Bonchev–Trinajstić information content (AvgIpc) is 1.67. The van der Waals surface area contributed by atoms with Crippen molar-refractivity contribution in [3.05, 3.63) is 107 Å². The summed E-state index contributed by atoms with van der Waals surface area (Å²) < 4.78 is 181. The fraction of sp³-hybridized carbons (Fsp3) is 0.409. The first-order valence-corrected chi connectivity index (χ1v) is 32.7. The van der Waals surface area contributed by atoms with Crippen LogP contribution >= 0.6 is 0 Å². The number of nitrogens with two attached hydrogens (primary N) is 3. The highest BCUT2D eigenvalue weighted by atomic mass is 19.3. The number of fused-ring (bicyclic) bond motifs is 6. The van der Waals surface area contributed by atoms with Gasteiger partial charge in [-0.2, -0.15) is 15.0 Å². The minimum atomic E-state index is -3.99. The van der Waals surface area contributed by atoms with Gasteiger partial charge >= 0.3 is 30.9 Å². The van der Waals surface area contributed by atoms with Crippen molar-refractivity contribution >= 4 is 86.0 Å². The smallest absolute Gasteiger partial charge is 0.481 e. The quantitative estimate of drug-likeness (QED) is 0.0529. The molecule has 9 heterocycles. The van der Waals surface area contributed by atoms with Gasteiger partial charge in [0, 0.05) is 113 Å². The molecule has 3 fully saturated rings. The van der Waals surface area contributed by atoms with Crippen molar-refractivity contribution in [1.29, 1.82) is 0 Å². The molecule has 6 aliphatic heterocycles. The number of anilines is 6. The van der Waals surface area contributed by atoms with Crippen molar-refractivity contribution < 1.29 is 101 Å². The van der Waals surface area contributed by atoms with Crippen LogP contribution < -0.4 is 76.3 Å². The van der Waals surface area contributed by atoms with Crippen LogP contribution in [0.1, 0.15) is 70.7 Å². The number of carbonyl (C=O) groups excluding carboxylic acids is 2. The van der Waals surface area contributed by atoms with Crippen LogP contribution in [-0.2, 0) is 14.3 Å². The standard InChI is InChI=1S/C24H24F4N6O3.C18H20F3N5O4.C13H12F3N5O2.C11H14FNO2/c1-2-30-16(13-3-5-14(25)6-4-13)12-18(35)33-7-9-34(10-8-33)23-31-20-15(22(29)32-23)11-17-21(19(20)26)37-24(27,28)36-17;1-17(2,3)30-16(27)26-6-4-25(5-7-26)15-23-12-9(14(22)24-15)8-10-13(11(12)19)29-18(20,21)28-10;14-8-9-6(5-7-10(8)23-13(15,16)22-7)11(17)20-12(19-9)21-3-1-18-2-4-21;1-2-13-10(7-11(14)15)8-3-5-9(12)6-4-8/h3-6,11,16,30H,2,7-10,12H2,1H3,(H2,29,31,32);8H,4-7H2,1-3H3,(H2,22,23,24);5,18H,1-4H2,(H2,17,19,20);3-6,10,13H,2,7H2,1H3,(H,14,15)/t16-;;;10-/m1..1/s1. The number of carboxylic acids is 1. The number of hydrogen-bond acceptors (Lipinski definition) is 25.